The zero-order valence-corrected chi connectivity index (χ0v) is 6.18. The molecule has 1 aliphatic heterocycles. The highest BCUT2D eigenvalue weighted by Crippen LogP contribution is 2.16. The first kappa shape index (κ1) is 8.89. The van der Waals surface area contributed by atoms with Gasteiger partial charge in [-0.2, -0.15) is 0 Å². The Balaban J connectivity index is 2.48. The summed E-state index contributed by atoms with van der Waals surface area (Å²) in [6.07, 6.45) is -1.79. The lowest BCUT2D eigenvalue weighted by molar-refractivity contribution is -0.204. The van der Waals surface area contributed by atoms with Crippen LogP contribution in [-0.2, 0) is 4.74 Å². The first-order valence-corrected chi connectivity index (χ1v) is 3.62. The molecule has 0 spiro atoms. The molecule has 4 unspecified atom stereocenters. The minimum absolute atomic E-state index is 0.199. The van der Waals surface area contributed by atoms with E-state index < -0.39 is 24.5 Å². The van der Waals surface area contributed by atoms with Crippen molar-refractivity contribution in [2.45, 2.75) is 31.0 Å². The van der Waals surface area contributed by atoms with Crippen molar-refractivity contribution in [1.82, 2.24) is 0 Å². The molecule has 0 radical (unpaired) electrons. The molecule has 1 rings (SSSR count). The second kappa shape index (κ2) is 3.46. The fraction of sp³-hybridized carbons (Fsp3) is 1.00. The molecule has 1 fully saturated rings. The molecular weight excluding hydrogens is 148 g/mol. The van der Waals surface area contributed by atoms with Crippen molar-refractivity contribution in [3.05, 3.63) is 0 Å². The number of hydrogen-bond donors (Lipinski definition) is 4. The third kappa shape index (κ3) is 1.88. The van der Waals surface area contributed by atoms with E-state index in [1.54, 1.807) is 0 Å². The van der Waals surface area contributed by atoms with E-state index in [2.05, 4.69) is 0 Å². The summed E-state index contributed by atoms with van der Waals surface area (Å²) in [5.74, 6) is 0. The van der Waals surface area contributed by atoms with Crippen LogP contribution in [0.25, 0.3) is 0 Å². The van der Waals surface area contributed by atoms with E-state index in [0.29, 0.717) is 6.42 Å². The molecule has 0 bridgehead atoms. The van der Waals surface area contributed by atoms with Crippen molar-refractivity contribution < 1.29 is 14.9 Å². The van der Waals surface area contributed by atoms with Crippen LogP contribution in [-0.4, -0.2) is 41.3 Å². The Bertz CT molecular complexity index is 133. The number of aliphatic hydroxyl groups excluding tert-OH is 2. The summed E-state index contributed by atoms with van der Waals surface area (Å²) in [6, 6.07) is -0.507. The van der Waals surface area contributed by atoms with Crippen LogP contribution >= 0.6 is 0 Å². The molecule has 1 saturated heterocycles. The summed E-state index contributed by atoms with van der Waals surface area (Å²) < 4.78 is 4.92. The minimum Gasteiger partial charge on any atom is -0.390 e. The molecule has 6 N–H and O–H groups in total. The number of aliphatic hydroxyl groups is 2. The quantitative estimate of drug-likeness (QED) is 0.348. The van der Waals surface area contributed by atoms with E-state index in [9.17, 15) is 5.11 Å². The average molecular weight is 162 g/mol. The Morgan fingerprint density at radius 1 is 1.45 bits per heavy atom. The number of hydrogen-bond acceptors (Lipinski definition) is 5. The van der Waals surface area contributed by atoms with E-state index in [-0.39, 0.29) is 6.54 Å². The standard InChI is InChI=1S/C6H14N2O3/c7-2-5-4(9)1-3(8)6(10)11-5/h3-6,9-10H,1-2,7-8H2. The Labute approximate surface area is 64.9 Å². The fourth-order valence-electron chi connectivity index (χ4n) is 1.13. The van der Waals surface area contributed by atoms with Gasteiger partial charge in [0.15, 0.2) is 6.29 Å². The first-order chi connectivity index (χ1) is 5.15. The SMILES string of the molecule is NCC1OC(O)C(N)CC1O. The lowest BCUT2D eigenvalue weighted by Crippen LogP contribution is -2.53. The maximum absolute atomic E-state index is 9.26. The maximum Gasteiger partial charge on any atom is 0.170 e. The number of rotatable bonds is 1. The average Bonchev–Trinajstić information content (AvgIpc) is 1.97. The monoisotopic (exact) mass is 162 g/mol. The van der Waals surface area contributed by atoms with Gasteiger partial charge in [-0.15, -0.1) is 0 Å². The zero-order chi connectivity index (χ0) is 8.43. The van der Waals surface area contributed by atoms with E-state index >= 15 is 0 Å². The van der Waals surface area contributed by atoms with Crippen molar-refractivity contribution >= 4 is 0 Å². The van der Waals surface area contributed by atoms with Gasteiger partial charge in [-0.05, 0) is 6.42 Å². The molecule has 0 aromatic heterocycles. The Kier molecular flexibility index (Phi) is 2.80. The Morgan fingerprint density at radius 3 is 2.64 bits per heavy atom. The van der Waals surface area contributed by atoms with Gasteiger partial charge in [0.25, 0.3) is 0 Å². The van der Waals surface area contributed by atoms with Crippen LogP contribution in [0.2, 0.25) is 0 Å². The highest BCUT2D eigenvalue weighted by molar-refractivity contribution is 4.82. The fourth-order valence-corrected chi connectivity index (χ4v) is 1.13. The van der Waals surface area contributed by atoms with Crippen molar-refractivity contribution in [2.24, 2.45) is 11.5 Å². The summed E-state index contributed by atoms with van der Waals surface area (Å²) in [5, 5.41) is 18.3. The van der Waals surface area contributed by atoms with Crippen LogP contribution in [0, 0.1) is 0 Å². The third-order valence-corrected chi connectivity index (χ3v) is 1.86. The predicted octanol–water partition coefficient (Wildman–Crippen LogP) is -2.26. The maximum atomic E-state index is 9.26. The molecule has 1 aliphatic rings. The van der Waals surface area contributed by atoms with Gasteiger partial charge in [-0.1, -0.05) is 0 Å². The van der Waals surface area contributed by atoms with E-state index in [4.69, 9.17) is 21.3 Å². The second-order valence-electron chi connectivity index (χ2n) is 2.77. The normalized spacial score (nSPS) is 45.8. The van der Waals surface area contributed by atoms with Crippen LogP contribution in [0.15, 0.2) is 0 Å². The molecule has 1 heterocycles. The summed E-state index contributed by atoms with van der Waals surface area (Å²) in [5.41, 5.74) is 10.7. The van der Waals surface area contributed by atoms with Gasteiger partial charge in [-0.3, -0.25) is 0 Å². The second-order valence-corrected chi connectivity index (χ2v) is 2.77. The molecule has 0 aromatic carbocycles. The van der Waals surface area contributed by atoms with Crippen molar-refractivity contribution in [1.29, 1.82) is 0 Å². The smallest absolute Gasteiger partial charge is 0.170 e. The molecule has 11 heavy (non-hydrogen) atoms. The lowest BCUT2D eigenvalue weighted by atomic mass is 10.0. The molecule has 4 atom stereocenters. The summed E-state index contributed by atoms with van der Waals surface area (Å²) in [6.45, 7) is 0.199. The molecule has 0 amide bonds. The highest BCUT2D eigenvalue weighted by Gasteiger charge is 2.33. The summed E-state index contributed by atoms with van der Waals surface area (Å²) in [4.78, 5) is 0. The van der Waals surface area contributed by atoms with Gasteiger partial charge >= 0.3 is 0 Å². The van der Waals surface area contributed by atoms with Crippen LogP contribution in [0.1, 0.15) is 6.42 Å². The Hall–Kier alpha value is -0.200. The molecule has 5 heteroatoms. The van der Waals surface area contributed by atoms with Crippen LogP contribution in [0.3, 0.4) is 0 Å². The Morgan fingerprint density at radius 2 is 2.09 bits per heavy atom. The van der Waals surface area contributed by atoms with E-state index in [1.165, 1.54) is 0 Å². The van der Waals surface area contributed by atoms with Gasteiger partial charge in [-0.25, -0.2) is 0 Å². The van der Waals surface area contributed by atoms with Crippen LogP contribution < -0.4 is 11.5 Å². The van der Waals surface area contributed by atoms with Crippen molar-refractivity contribution in [2.75, 3.05) is 6.54 Å². The van der Waals surface area contributed by atoms with Gasteiger partial charge in [0.1, 0.15) is 0 Å². The summed E-state index contributed by atoms with van der Waals surface area (Å²) >= 11 is 0. The van der Waals surface area contributed by atoms with Gasteiger partial charge in [0, 0.05) is 6.54 Å². The number of nitrogens with two attached hydrogens (primary N) is 2. The number of ether oxygens (including phenoxy) is 1. The topological polar surface area (TPSA) is 102 Å². The summed E-state index contributed by atoms with van der Waals surface area (Å²) in [7, 11) is 0. The van der Waals surface area contributed by atoms with E-state index in [1.807, 2.05) is 0 Å². The molecule has 66 valence electrons. The third-order valence-electron chi connectivity index (χ3n) is 1.86. The van der Waals surface area contributed by atoms with Gasteiger partial charge in [0.05, 0.1) is 18.2 Å². The molecule has 0 aromatic rings. The van der Waals surface area contributed by atoms with E-state index in [0.717, 1.165) is 0 Å². The van der Waals surface area contributed by atoms with Crippen LogP contribution in [0.5, 0.6) is 0 Å². The van der Waals surface area contributed by atoms with Crippen LogP contribution in [0.4, 0.5) is 0 Å². The predicted molar refractivity (Wildman–Crippen MR) is 38.5 cm³/mol. The molecule has 0 saturated carbocycles. The largest absolute Gasteiger partial charge is 0.390 e. The minimum atomic E-state index is -0.994. The lowest BCUT2D eigenvalue weighted by Gasteiger charge is -2.34. The van der Waals surface area contributed by atoms with Gasteiger partial charge < -0.3 is 26.4 Å². The molecular formula is C6H14N2O3. The highest BCUT2D eigenvalue weighted by atomic mass is 16.6. The van der Waals surface area contributed by atoms with Gasteiger partial charge in [0.2, 0.25) is 0 Å². The molecule has 0 aliphatic carbocycles. The molecule has 5 nitrogen and oxygen atoms in total. The van der Waals surface area contributed by atoms with Crippen molar-refractivity contribution in [3.8, 4) is 0 Å². The van der Waals surface area contributed by atoms with Crippen molar-refractivity contribution in [3.63, 3.8) is 0 Å². The zero-order valence-electron chi connectivity index (χ0n) is 6.18. The first-order valence-electron chi connectivity index (χ1n) is 3.62.